The number of anilines is 1. The molecule has 2 amide bonds. The van der Waals surface area contributed by atoms with Gasteiger partial charge in [0.2, 0.25) is 0 Å². The first-order valence-electron chi connectivity index (χ1n) is 11.5. The lowest BCUT2D eigenvalue weighted by molar-refractivity contribution is -0.120. The number of likely N-dealkylation sites (tertiary alicyclic amines) is 1. The average molecular weight is 450 g/mol. The summed E-state index contributed by atoms with van der Waals surface area (Å²) in [6, 6.07) is 15.0. The van der Waals surface area contributed by atoms with Crippen LogP contribution < -0.4 is 16.4 Å². The summed E-state index contributed by atoms with van der Waals surface area (Å²) in [5.74, 6) is -0.295. The number of amidine groups is 1. The molecule has 2 fully saturated rings. The highest BCUT2D eigenvalue weighted by Gasteiger charge is 2.23. The molecule has 0 aromatic heterocycles. The van der Waals surface area contributed by atoms with Gasteiger partial charge in [0.25, 0.3) is 11.8 Å². The molecule has 1 aliphatic heterocycles. The molecule has 0 unspecified atom stereocenters. The molecule has 8 heteroatoms. The Balaban J connectivity index is 1.26. The van der Waals surface area contributed by atoms with E-state index in [0.717, 1.165) is 38.0 Å². The molecular weight excluding hydrogens is 418 g/mol. The summed E-state index contributed by atoms with van der Waals surface area (Å²) in [5, 5.41) is 9.55. The number of piperidine rings is 1. The van der Waals surface area contributed by atoms with Gasteiger partial charge in [0.1, 0.15) is 0 Å². The summed E-state index contributed by atoms with van der Waals surface area (Å²) in [4.78, 5) is 32.0. The average Bonchev–Trinajstić information content (AvgIpc) is 3.64. The van der Waals surface area contributed by atoms with Crippen LogP contribution in [0, 0.1) is 0 Å². The molecule has 33 heavy (non-hydrogen) atoms. The van der Waals surface area contributed by atoms with Crippen molar-refractivity contribution in [2.75, 3.05) is 25.0 Å². The standard InChI is InChI=1S/C25H31N5O3/c26-24(19-7-4-6-18(14-19)16-30-12-2-1-3-13-30)29-33-17-23(31)27-22-9-5-8-20(15-22)25(32)28-21-10-11-21/h4-9,14-15,21H,1-3,10-13,16-17H2,(H2,26,29)(H,27,31)(H,28,32). The number of carbonyl (C=O) groups excluding carboxylic acids is 2. The maximum atomic E-state index is 12.2. The van der Waals surface area contributed by atoms with Gasteiger partial charge in [-0.25, -0.2) is 0 Å². The summed E-state index contributed by atoms with van der Waals surface area (Å²) in [5.41, 5.74) is 9.04. The number of carbonyl (C=O) groups is 2. The Labute approximate surface area is 194 Å². The van der Waals surface area contributed by atoms with Gasteiger partial charge in [0.15, 0.2) is 12.4 Å². The topological polar surface area (TPSA) is 109 Å². The predicted octanol–water partition coefficient (Wildman–Crippen LogP) is 2.84. The van der Waals surface area contributed by atoms with Crippen LogP contribution in [0.3, 0.4) is 0 Å². The highest BCUT2D eigenvalue weighted by atomic mass is 16.6. The normalized spacial score (nSPS) is 16.8. The summed E-state index contributed by atoms with van der Waals surface area (Å²) >= 11 is 0. The number of rotatable bonds is 9. The van der Waals surface area contributed by atoms with Crippen LogP contribution in [0.15, 0.2) is 53.7 Å². The van der Waals surface area contributed by atoms with Crippen LogP contribution in [-0.4, -0.2) is 48.3 Å². The lowest BCUT2D eigenvalue weighted by Crippen LogP contribution is -2.29. The van der Waals surface area contributed by atoms with E-state index in [1.54, 1.807) is 24.3 Å². The van der Waals surface area contributed by atoms with Crippen LogP contribution in [-0.2, 0) is 16.2 Å². The molecule has 1 heterocycles. The first-order chi connectivity index (χ1) is 16.1. The van der Waals surface area contributed by atoms with Gasteiger partial charge in [-0.15, -0.1) is 0 Å². The van der Waals surface area contributed by atoms with Gasteiger partial charge >= 0.3 is 0 Å². The van der Waals surface area contributed by atoms with Crippen molar-refractivity contribution in [1.29, 1.82) is 0 Å². The van der Waals surface area contributed by atoms with Gasteiger partial charge in [-0.05, 0) is 68.6 Å². The Kier molecular flexibility index (Phi) is 7.57. The number of nitrogens with zero attached hydrogens (tertiary/aromatic N) is 2. The fraction of sp³-hybridized carbons (Fsp3) is 0.400. The monoisotopic (exact) mass is 449 g/mol. The van der Waals surface area contributed by atoms with Gasteiger partial charge in [-0.3, -0.25) is 14.5 Å². The molecule has 2 aliphatic rings. The molecule has 0 spiro atoms. The van der Waals surface area contributed by atoms with Gasteiger partial charge in [-0.2, -0.15) is 0 Å². The third-order valence-electron chi connectivity index (χ3n) is 5.76. The molecule has 4 N–H and O–H groups in total. The first-order valence-corrected chi connectivity index (χ1v) is 11.5. The van der Waals surface area contributed by atoms with Crippen molar-refractivity contribution in [3.63, 3.8) is 0 Å². The zero-order chi connectivity index (χ0) is 23.0. The molecule has 2 aromatic carbocycles. The molecule has 2 aromatic rings. The van der Waals surface area contributed by atoms with Gasteiger partial charge in [0.05, 0.1) is 0 Å². The zero-order valence-corrected chi connectivity index (χ0v) is 18.8. The minimum absolute atomic E-state index is 0.135. The quantitative estimate of drug-likeness (QED) is 0.310. The third-order valence-corrected chi connectivity index (χ3v) is 5.76. The number of hydrogen-bond acceptors (Lipinski definition) is 5. The van der Waals surface area contributed by atoms with Crippen molar-refractivity contribution in [2.45, 2.75) is 44.7 Å². The van der Waals surface area contributed by atoms with Crippen LogP contribution in [0.2, 0.25) is 0 Å². The van der Waals surface area contributed by atoms with E-state index in [1.165, 1.54) is 24.8 Å². The van der Waals surface area contributed by atoms with E-state index in [9.17, 15) is 9.59 Å². The van der Waals surface area contributed by atoms with E-state index < -0.39 is 0 Å². The van der Waals surface area contributed by atoms with E-state index >= 15 is 0 Å². The van der Waals surface area contributed by atoms with E-state index in [2.05, 4.69) is 26.8 Å². The molecule has 0 atom stereocenters. The summed E-state index contributed by atoms with van der Waals surface area (Å²) < 4.78 is 0. The van der Waals surface area contributed by atoms with Crippen molar-refractivity contribution in [3.05, 3.63) is 65.2 Å². The maximum Gasteiger partial charge on any atom is 0.265 e. The summed E-state index contributed by atoms with van der Waals surface area (Å²) in [7, 11) is 0. The Morgan fingerprint density at radius 2 is 1.79 bits per heavy atom. The van der Waals surface area contributed by atoms with Gasteiger partial charge in [-0.1, -0.05) is 35.8 Å². The second-order valence-electron chi connectivity index (χ2n) is 8.66. The van der Waals surface area contributed by atoms with Crippen molar-refractivity contribution in [3.8, 4) is 0 Å². The molecule has 1 aliphatic carbocycles. The lowest BCUT2D eigenvalue weighted by Gasteiger charge is -2.26. The minimum atomic E-state index is -0.384. The Morgan fingerprint density at radius 3 is 2.58 bits per heavy atom. The summed E-state index contributed by atoms with van der Waals surface area (Å²) in [6.45, 7) is 2.86. The smallest absolute Gasteiger partial charge is 0.265 e. The molecule has 0 radical (unpaired) electrons. The molecule has 0 bridgehead atoms. The fourth-order valence-electron chi connectivity index (χ4n) is 3.85. The van der Waals surface area contributed by atoms with Crippen LogP contribution in [0.5, 0.6) is 0 Å². The molecular formula is C25H31N5O3. The highest BCUT2D eigenvalue weighted by molar-refractivity contribution is 5.98. The minimum Gasteiger partial charge on any atom is -0.384 e. The van der Waals surface area contributed by atoms with Crippen LogP contribution in [0.25, 0.3) is 0 Å². The van der Waals surface area contributed by atoms with E-state index in [4.69, 9.17) is 10.6 Å². The summed E-state index contributed by atoms with van der Waals surface area (Å²) in [6.07, 6.45) is 5.84. The second kappa shape index (κ2) is 11.0. The third kappa shape index (κ3) is 7.05. The van der Waals surface area contributed by atoms with E-state index in [0.29, 0.717) is 11.3 Å². The molecule has 1 saturated heterocycles. The first kappa shape index (κ1) is 22.8. The number of hydrogen-bond donors (Lipinski definition) is 3. The number of nitrogens with one attached hydrogen (secondary N) is 2. The number of amides is 2. The Morgan fingerprint density at radius 1 is 1.03 bits per heavy atom. The number of oxime groups is 1. The number of benzene rings is 2. The van der Waals surface area contributed by atoms with Crippen LogP contribution in [0.4, 0.5) is 5.69 Å². The van der Waals surface area contributed by atoms with Crippen LogP contribution >= 0.6 is 0 Å². The van der Waals surface area contributed by atoms with Crippen molar-refractivity contribution < 1.29 is 14.4 Å². The SMILES string of the molecule is N/C(=N/OCC(=O)Nc1cccc(C(=O)NC2CC2)c1)c1cccc(CN2CCCCC2)c1. The molecule has 4 rings (SSSR count). The Bertz CT molecular complexity index is 1010. The second-order valence-corrected chi connectivity index (χ2v) is 8.66. The van der Waals surface area contributed by atoms with E-state index in [-0.39, 0.29) is 30.3 Å². The molecule has 1 saturated carbocycles. The maximum absolute atomic E-state index is 12.2. The van der Waals surface area contributed by atoms with Crippen molar-refractivity contribution in [1.82, 2.24) is 10.2 Å². The Hall–Kier alpha value is -3.39. The predicted molar refractivity (Wildman–Crippen MR) is 128 cm³/mol. The fourth-order valence-corrected chi connectivity index (χ4v) is 3.85. The lowest BCUT2D eigenvalue weighted by atomic mass is 10.1. The number of nitrogens with two attached hydrogens (primary N) is 1. The largest absolute Gasteiger partial charge is 0.384 e. The van der Waals surface area contributed by atoms with E-state index in [1.807, 2.05) is 18.2 Å². The highest BCUT2D eigenvalue weighted by Crippen LogP contribution is 2.20. The molecule has 8 nitrogen and oxygen atoms in total. The van der Waals surface area contributed by atoms with Gasteiger partial charge < -0.3 is 21.2 Å². The molecule has 174 valence electrons. The van der Waals surface area contributed by atoms with Crippen molar-refractivity contribution in [2.24, 2.45) is 10.9 Å². The van der Waals surface area contributed by atoms with Gasteiger partial charge in [0, 0.05) is 29.4 Å². The van der Waals surface area contributed by atoms with Crippen LogP contribution in [0.1, 0.15) is 53.6 Å². The van der Waals surface area contributed by atoms with Crippen molar-refractivity contribution >= 4 is 23.3 Å². The zero-order valence-electron chi connectivity index (χ0n) is 18.8.